The summed E-state index contributed by atoms with van der Waals surface area (Å²) in [5, 5.41) is 12.0. The van der Waals surface area contributed by atoms with Crippen LogP contribution in [0.25, 0.3) is 0 Å². The summed E-state index contributed by atoms with van der Waals surface area (Å²) in [6, 6.07) is 8.06. The summed E-state index contributed by atoms with van der Waals surface area (Å²) < 4.78 is 5.38. The lowest BCUT2D eigenvalue weighted by molar-refractivity contribution is 0.506. The van der Waals surface area contributed by atoms with Crippen molar-refractivity contribution in [3.05, 3.63) is 63.1 Å². The van der Waals surface area contributed by atoms with Crippen LogP contribution in [0.15, 0.2) is 56.9 Å². The normalized spacial score (nSPS) is 12.4. The molecule has 0 spiro atoms. The average Bonchev–Trinajstić information content (AvgIpc) is 3.39. The van der Waals surface area contributed by atoms with E-state index in [0.29, 0.717) is 12.5 Å². The Bertz CT molecular complexity index is 742. The van der Waals surface area contributed by atoms with E-state index in [4.69, 9.17) is 9.41 Å². The van der Waals surface area contributed by atoms with Gasteiger partial charge in [0.25, 0.3) is 0 Å². The fourth-order valence-corrected chi connectivity index (χ4v) is 3.63. The number of aliphatic imine (C=N–C) groups is 1. The zero-order chi connectivity index (χ0) is 17.3. The van der Waals surface area contributed by atoms with Gasteiger partial charge in [-0.3, -0.25) is 0 Å². The predicted octanol–water partition coefficient (Wildman–Crippen LogP) is 4.50. The number of nitrogens with zero attached hydrogens (tertiary/aromatic N) is 2. The van der Waals surface area contributed by atoms with Gasteiger partial charge in [-0.15, -0.1) is 46.7 Å². The molecule has 1 atom stereocenters. The Balaban J connectivity index is 0.00000243. The third-order valence-electron chi connectivity index (χ3n) is 3.67. The molecule has 3 aromatic rings. The van der Waals surface area contributed by atoms with Gasteiger partial charge in [0.15, 0.2) is 5.96 Å². The molecule has 0 saturated carbocycles. The lowest BCUT2D eigenvalue weighted by Crippen LogP contribution is -2.40. The van der Waals surface area contributed by atoms with Crippen molar-refractivity contribution in [1.29, 1.82) is 0 Å². The van der Waals surface area contributed by atoms with Gasteiger partial charge in [0, 0.05) is 41.9 Å². The largest absolute Gasteiger partial charge is 0.469 e. The van der Waals surface area contributed by atoms with E-state index in [1.54, 1.807) is 28.9 Å². The Kier molecular flexibility index (Phi) is 9.13. The van der Waals surface area contributed by atoms with Gasteiger partial charge in [-0.1, -0.05) is 13.0 Å². The van der Waals surface area contributed by atoms with Crippen molar-refractivity contribution in [2.75, 3.05) is 13.1 Å². The first-order valence-corrected chi connectivity index (χ1v) is 10.0. The van der Waals surface area contributed by atoms with Gasteiger partial charge in [-0.25, -0.2) is 9.98 Å². The molecule has 3 heterocycles. The van der Waals surface area contributed by atoms with Crippen LogP contribution in [0.5, 0.6) is 0 Å². The molecular weight excluding hydrogens is 479 g/mol. The smallest absolute Gasteiger partial charge is 0.191 e. The van der Waals surface area contributed by atoms with Gasteiger partial charge in [0.2, 0.25) is 0 Å². The van der Waals surface area contributed by atoms with Crippen molar-refractivity contribution in [2.24, 2.45) is 4.99 Å². The molecule has 26 heavy (non-hydrogen) atoms. The maximum absolute atomic E-state index is 5.38. The zero-order valence-corrected chi connectivity index (χ0v) is 18.5. The highest BCUT2D eigenvalue weighted by molar-refractivity contribution is 14.0. The standard InChI is InChI=1S/C18H22N4OS2.HI/c1-14(17-19-8-11-25-17)12-21-18(22-13-16-5-3-10-24-16)20-7-6-15-4-2-9-23-15;/h2-5,8-11,14H,6-7,12-13H2,1H3,(H2,20,21,22);1H. The molecule has 0 aromatic carbocycles. The van der Waals surface area contributed by atoms with E-state index in [2.05, 4.69) is 40.1 Å². The van der Waals surface area contributed by atoms with E-state index < -0.39 is 0 Å². The van der Waals surface area contributed by atoms with E-state index in [-0.39, 0.29) is 24.0 Å². The summed E-state index contributed by atoms with van der Waals surface area (Å²) in [6.45, 7) is 4.42. The van der Waals surface area contributed by atoms with Gasteiger partial charge in [-0.2, -0.15) is 0 Å². The fourth-order valence-electron chi connectivity index (χ4n) is 2.31. The van der Waals surface area contributed by atoms with E-state index in [9.17, 15) is 0 Å². The van der Waals surface area contributed by atoms with Crippen LogP contribution in [0, 0.1) is 0 Å². The molecule has 0 aliphatic heterocycles. The zero-order valence-electron chi connectivity index (χ0n) is 14.6. The Morgan fingerprint density at radius 2 is 2.15 bits per heavy atom. The summed E-state index contributed by atoms with van der Waals surface area (Å²) in [6.07, 6.45) is 4.38. The number of hydrogen-bond donors (Lipinski definition) is 2. The van der Waals surface area contributed by atoms with Crippen molar-refractivity contribution in [3.8, 4) is 0 Å². The molecule has 3 aromatic heterocycles. The average molecular weight is 502 g/mol. The maximum atomic E-state index is 5.38. The number of thiophene rings is 1. The number of aromatic nitrogens is 1. The van der Waals surface area contributed by atoms with Crippen molar-refractivity contribution in [3.63, 3.8) is 0 Å². The quantitative estimate of drug-likeness (QED) is 0.271. The van der Waals surface area contributed by atoms with Gasteiger partial charge in [-0.05, 0) is 23.6 Å². The molecule has 0 amide bonds. The minimum Gasteiger partial charge on any atom is -0.469 e. The lowest BCUT2D eigenvalue weighted by Gasteiger charge is -2.15. The first kappa shape index (κ1) is 20.9. The van der Waals surface area contributed by atoms with Crippen molar-refractivity contribution in [1.82, 2.24) is 15.6 Å². The van der Waals surface area contributed by atoms with Crippen LogP contribution in [-0.4, -0.2) is 24.0 Å². The Morgan fingerprint density at radius 1 is 1.23 bits per heavy atom. The Hall–Kier alpha value is -1.39. The monoisotopic (exact) mass is 502 g/mol. The predicted molar refractivity (Wildman–Crippen MR) is 120 cm³/mol. The van der Waals surface area contributed by atoms with E-state index in [0.717, 1.165) is 36.2 Å². The maximum Gasteiger partial charge on any atom is 0.191 e. The summed E-state index contributed by atoms with van der Waals surface area (Å²) in [7, 11) is 0. The number of halogens is 1. The number of nitrogens with one attached hydrogen (secondary N) is 2. The van der Waals surface area contributed by atoms with Gasteiger partial charge < -0.3 is 15.1 Å². The third-order valence-corrected chi connectivity index (χ3v) is 5.53. The molecule has 5 nitrogen and oxygen atoms in total. The van der Waals surface area contributed by atoms with Crippen LogP contribution in [0.1, 0.15) is 28.5 Å². The summed E-state index contributed by atoms with van der Waals surface area (Å²) >= 11 is 3.41. The van der Waals surface area contributed by atoms with E-state index in [1.807, 2.05) is 23.7 Å². The molecule has 3 rings (SSSR count). The van der Waals surface area contributed by atoms with Crippen LogP contribution in [0.3, 0.4) is 0 Å². The molecule has 0 aliphatic carbocycles. The second-order valence-corrected chi connectivity index (χ2v) is 7.61. The number of rotatable bonds is 8. The molecule has 0 radical (unpaired) electrons. The summed E-state index contributed by atoms with van der Waals surface area (Å²) in [4.78, 5) is 10.3. The minimum absolute atomic E-state index is 0. The molecule has 140 valence electrons. The molecule has 1 unspecified atom stereocenters. The summed E-state index contributed by atoms with van der Waals surface area (Å²) in [5.74, 6) is 2.14. The van der Waals surface area contributed by atoms with Gasteiger partial charge >= 0.3 is 0 Å². The van der Waals surface area contributed by atoms with E-state index in [1.165, 1.54) is 4.88 Å². The highest BCUT2D eigenvalue weighted by atomic mass is 127. The second kappa shape index (κ2) is 11.3. The number of thiazole rings is 1. The van der Waals surface area contributed by atoms with Crippen LogP contribution < -0.4 is 10.6 Å². The molecular formula is C18H23IN4OS2. The third kappa shape index (κ3) is 6.73. The minimum atomic E-state index is 0. The lowest BCUT2D eigenvalue weighted by atomic mass is 10.2. The van der Waals surface area contributed by atoms with Crippen LogP contribution in [0.4, 0.5) is 0 Å². The van der Waals surface area contributed by atoms with Crippen LogP contribution in [0.2, 0.25) is 0 Å². The highest BCUT2D eigenvalue weighted by Crippen LogP contribution is 2.16. The van der Waals surface area contributed by atoms with Gasteiger partial charge in [0.05, 0.1) is 17.8 Å². The van der Waals surface area contributed by atoms with Gasteiger partial charge in [0.1, 0.15) is 5.76 Å². The van der Waals surface area contributed by atoms with Crippen LogP contribution in [-0.2, 0) is 13.0 Å². The number of guanidine groups is 1. The molecule has 0 fully saturated rings. The van der Waals surface area contributed by atoms with Crippen LogP contribution >= 0.6 is 46.7 Å². The number of hydrogen-bond acceptors (Lipinski definition) is 5. The van der Waals surface area contributed by atoms with E-state index >= 15 is 0 Å². The first-order chi connectivity index (χ1) is 12.3. The molecule has 8 heteroatoms. The van der Waals surface area contributed by atoms with Crippen molar-refractivity contribution >= 4 is 52.6 Å². The van der Waals surface area contributed by atoms with Crippen molar-refractivity contribution < 1.29 is 4.42 Å². The summed E-state index contributed by atoms with van der Waals surface area (Å²) in [5.41, 5.74) is 0. The molecule has 2 N–H and O–H groups in total. The number of furan rings is 1. The topological polar surface area (TPSA) is 62.5 Å². The molecule has 0 saturated heterocycles. The Morgan fingerprint density at radius 3 is 2.85 bits per heavy atom. The highest BCUT2D eigenvalue weighted by Gasteiger charge is 2.09. The molecule has 0 aliphatic rings. The Labute approximate surface area is 179 Å². The second-order valence-electron chi connectivity index (χ2n) is 5.65. The SMILES string of the molecule is CC(CNC(=NCc1cccs1)NCCc1ccco1)c1nccs1.I. The molecule has 0 bridgehead atoms. The first-order valence-electron chi connectivity index (χ1n) is 8.27. The fraction of sp³-hybridized carbons (Fsp3) is 0.333. The van der Waals surface area contributed by atoms with Crippen molar-refractivity contribution in [2.45, 2.75) is 25.8 Å².